The van der Waals surface area contributed by atoms with Gasteiger partial charge in [0.05, 0.1) is 0 Å². The first-order valence-electron chi connectivity index (χ1n) is 11.8. The van der Waals surface area contributed by atoms with Crippen LogP contribution in [0.25, 0.3) is 11.6 Å². The molecule has 0 heterocycles. The molecule has 32 heavy (non-hydrogen) atoms. The third kappa shape index (κ3) is 4.83. The normalized spacial score (nSPS) is 17.0. The molecule has 1 heteroatoms. The zero-order valence-electron chi connectivity index (χ0n) is 20.5. The quantitative estimate of drug-likeness (QED) is 0.373. The highest BCUT2D eigenvalue weighted by Gasteiger charge is 2.36. The fraction of sp³-hybridized carbons (Fsp3) is 0.355. The Morgan fingerprint density at radius 1 is 0.812 bits per heavy atom. The maximum absolute atomic E-state index is 5.96. The Balaban J connectivity index is 1.50. The Kier molecular flexibility index (Phi) is 6.03. The van der Waals surface area contributed by atoms with E-state index in [1.807, 2.05) is 0 Å². The van der Waals surface area contributed by atoms with E-state index in [-0.39, 0.29) is 10.8 Å². The van der Waals surface area contributed by atoms with Crippen molar-refractivity contribution in [3.63, 3.8) is 0 Å². The first-order valence-corrected chi connectivity index (χ1v) is 11.8. The van der Waals surface area contributed by atoms with E-state index in [0.717, 1.165) is 5.75 Å². The minimum absolute atomic E-state index is 0.234. The third-order valence-corrected chi connectivity index (χ3v) is 7.10. The summed E-state index contributed by atoms with van der Waals surface area (Å²) >= 11 is 0. The molecule has 0 atom stereocenters. The van der Waals surface area contributed by atoms with Crippen molar-refractivity contribution in [1.82, 2.24) is 0 Å². The number of aryl methyl sites for hydroxylation is 1. The van der Waals surface area contributed by atoms with Gasteiger partial charge >= 0.3 is 0 Å². The molecular formula is C31H36O. The average Bonchev–Trinajstić information content (AvgIpc) is 2.77. The van der Waals surface area contributed by atoms with E-state index in [0.29, 0.717) is 6.61 Å². The molecule has 0 radical (unpaired) electrons. The Labute approximate surface area is 194 Å². The standard InChI is InChI=1S/C31H36O/c1-22-7-9-25(10-8-22)21-32-27-14-11-24(12-15-27)19-23(2)26-13-16-28-29(20-26)31(5,6)18-17-30(28,3)4/h7-16,19-20H,17-18,21H2,1-6H3. The summed E-state index contributed by atoms with van der Waals surface area (Å²) in [7, 11) is 0. The summed E-state index contributed by atoms with van der Waals surface area (Å²) < 4.78 is 5.96. The van der Waals surface area contributed by atoms with Crippen molar-refractivity contribution in [3.8, 4) is 5.75 Å². The van der Waals surface area contributed by atoms with E-state index in [9.17, 15) is 0 Å². The van der Waals surface area contributed by atoms with Crippen molar-refractivity contribution >= 4 is 11.6 Å². The summed E-state index contributed by atoms with van der Waals surface area (Å²) in [6.07, 6.45) is 4.76. The smallest absolute Gasteiger partial charge is 0.119 e. The molecule has 0 unspecified atom stereocenters. The second-order valence-corrected chi connectivity index (χ2v) is 10.7. The summed E-state index contributed by atoms with van der Waals surface area (Å²) in [5.74, 6) is 0.901. The lowest BCUT2D eigenvalue weighted by molar-refractivity contribution is 0.306. The SMILES string of the molecule is CC(=Cc1ccc(OCc2ccc(C)cc2)cc1)c1ccc2c(c1)C(C)(C)CCC2(C)C. The zero-order chi connectivity index (χ0) is 22.9. The first kappa shape index (κ1) is 22.4. The Hall–Kier alpha value is -2.80. The van der Waals surface area contributed by atoms with Crippen molar-refractivity contribution in [1.29, 1.82) is 0 Å². The predicted octanol–water partition coefficient (Wildman–Crippen LogP) is 8.48. The molecule has 0 bridgehead atoms. The van der Waals surface area contributed by atoms with Crippen molar-refractivity contribution in [2.24, 2.45) is 0 Å². The van der Waals surface area contributed by atoms with Gasteiger partial charge in [0.25, 0.3) is 0 Å². The van der Waals surface area contributed by atoms with Crippen LogP contribution in [0.2, 0.25) is 0 Å². The van der Waals surface area contributed by atoms with Crippen LogP contribution in [0.15, 0.2) is 66.7 Å². The predicted molar refractivity (Wildman–Crippen MR) is 137 cm³/mol. The number of hydrogen-bond acceptors (Lipinski definition) is 1. The second kappa shape index (κ2) is 8.62. The molecular weight excluding hydrogens is 388 g/mol. The molecule has 0 amide bonds. The van der Waals surface area contributed by atoms with E-state index in [2.05, 4.69) is 114 Å². The van der Waals surface area contributed by atoms with E-state index in [1.165, 1.54) is 51.8 Å². The Bertz CT molecular complexity index is 1110. The van der Waals surface area contributed by atoms with Crippen molar-refractivity contribution in [3.05, 3.63) is 100 Å². The van der Waals surface area contributed by atoms with Crippen LogP contribution in [0.3, 0.4) is 0 Å². The monoisotopic (exact) mass is 424 g/mol. The maximum Gasteiger partial charge on any atom is 0.119 e. The molecule has 166 valence electrons. The minimum Gasteiger partial charge on any atom is -0.489 e. The number of allylic oxidation sites excluding steroid dienone is 1. The zero-order valence-corrected chi connectivity index (χ0v) is 20.5. The topological polar surface area (TPSA) is 9.23 Å². The summed E-state index contributed by atoms with van der Waals surface area (Å²) in [6.45, 7) is 14.4. The molecule has 0 spiro atoms. The fourth-order valence-corrected chi connectivity index (χ4v) is 4.68. The van der Waals surface area contributed by atoms with Crippen molar-refractivity contribution < 1.29 is 4.74 Å². The van der Waals surface area contributed by atoms with Gasteiger partial charge in [-0.15, -0.1) is 0 Å². The van der Waals surface area contributed by atoms with Gasteiger partial charge in [0.15, 0.2) is 0 Å². The van der Waals surface area contributed by atoms with Crippen molar-refractivity contribution in [2.45, 2.75) is 71.8 Å². The van der Waals surface area contributed by atoms with Gasteiger partial charge in [-0.2, -0.15) is 0 Å². The highest BCUT2D eigenvalue weighted by atomic mass is 16.5. The summed E-state index contributed by atoms with van der Waals surface area (Å²) in [6, 6.07) is 24.0. The van der Waals surface area contributed by atoms with E-state index < -0.39 is 0 Å². The van der Waals surface area contributed by atoms with Gasteiger partial charge in [-0.3, -0.25) is 0 Å². The van der Waals surface area contributed by atoms with Crippen molar-refractivity contribution in [2.75, 3.05) is 0 Å². The van der Waals surface area contributed by atoms with Crippen LogP contribution in [0.4, 0.5) is 0 Å². The Morgan fingerprint density at radius 2 is 1.44 bits per heavy atom. The van der Waals surface area contributed by atoms with Crippen LogP contribution < -0.4 is 4.74 Å². The van der Waals surface area contributed by atoms with Gasteiger partial charge in [-0.25, -0.2) is 0 Å². The molecule has 0 aliphatic heterocycles. The van der Waals surface area contributed by atoms with E-state index in [1.54, 1.807) is 0 Å². The van der Waals surface area contributed by atoms with Crippen LogP contribution in [-0.4, -0.2) is 0 Å². The number of benzene rings is 3. The minimum atomic E-state index is 0.234. The molecule has 1 nitrogen and oxygen atoms in total. The van der Waals surface area contributed by atoms with Gasteiger partial charge in [0, 0.05) is 0 Å². The Morgan fingerprint density at radius 3 is 2.09 bits per heavy atom. The maximum atomic E-state index is 5.96. The third-order valence-electron chi connectivity index (χ3n) is 7.10. The van der Waals surface area contributed by atoms with Crippen LogP contribution >= 0.6 is 0 Å². The van der Waals surface area contributed by atoms with Crippen LogP contribution in [0, 0.1) is 6.92 Å². The van der Waals surface area contributed by atoms with E-state index in [4.69, 9.17) is 4.74 Å². The number of rotatable bonds is 5. The lowest BCUT2D eigenvalue weighted by atomic mass is 9.63. The van der Waals surface area contributed by atoms with Gasteiger partial charge in [0.1, 0.15) is 12.4 Å². The number of hydrogen-bond donors (Lipinski definition) is 0. The van der Waals surface area contributed by atoms with Crippen LogP contribution in [0.5, 0.6) is 5.75 Å². The number of fused-ring (bicyclic) bond motifs is 1. The molecule has 1 aliphatic carbocycles. The molecule has 0 saturated carbocycles. The molecule has 0 saturated heterocycles. The van der Waals surface area contributed by atoms with Crippen LogP contribution in [0.1, 0.15) is 80.8 Å². The highest BCUT2D eigenvalue weighted by molar-refractivity contribution is 5.80. The van der Waals surface area contributed by atoms with E-state index >= 15 is 0 Å². The molecule has 4 rings (SSSR count). The van der Waals surface area contributed by atoms with Gasteiger partial charge in [-0.1, -0.05) is 93.9 Å². The fourth-order valence-electron chi connectivity index (χ4n) is 4.68. The summed E-state index contributed by atoms with van der Waals surface area (Å²) in [4.78, 5) is 0. The molecule has 0 fully saturated rings. The second-order valence-electron chi connectivity index (χ2n) is 10.7. The molecule has 1 aliphatic rings. The average molecular weight is 425 g/mol. The summed E-state index contributed by atoms with van der Waals surface area (Å²) in [5.41, 5.74) is 9.78. The molecule has 0 N–H and O–H groups in total. The molecule has 3 aromatic rings. The molecule has 3 aromatic carbocycles. The number of ether oxygens (including phenoxy) is 1. The van der Waals surface area contributed by atoms with Crippen LogP contribution in [-0.2, 0) is 17.4 Å². The molecule has 0 aromatic heterocycles. The largest absolute Gasteiger partial charge is 0.489 e. The lowest BCUT2D eigenvalue weighted by Gasteiger charge is -2.42. The first-order chi connectivity index (χ1) is 15.1. The summed E-state index contributed by atoms with van der Waals surface area (Å²) in [5, 5.41) is 0. The van der Waals surface area contributed by atoms with Gasteiger partial charge in [0.2, 0.25) is 0 Å². The highest BCUT2D eigenvalue weighted by Crippen LogP contribution is 2.46. The lowest BCUT2D eigenvalue weighted by Crippen LogP contribution is -2.33. The van der Waals surface area contributed by atoms with Gasteiger partial charge in [-0.05, 0) is 83.0 Å². The van der Waals surface area contributed by atoms with Gasteiger partial charge < -0.3 is 4.74 Å².